The summed E-state index contributed by atoms with van der Waals surface area (Å²) < 4.78 is 0. The SMILES string of the molecule is CCNC(Cc1ccc(C(C)(C)C)cc1)C(C)(C)C. The monoisotopic (exact) mass is 261 g/mol. The summed E-state index contributed by atoms with van der Waals surface area (Å²) in [4.78, 5) is 0. The van der Waals surface area contributed by atoms with Gasteiger partial charge in [-0.05, 0) is 34.9 Å². The molecule has 0 fully saturated rings. The van der Waals surface area contributed by atoms with E-state index in [1.807, 2.05) is 0 Å². The van der Waals surface area contributed by atoms with Crippen molar-refractivity contribution in [2.45, 2.75) is 66.3 Å². The average molecular weight is 261 g/mol. The van der Waals surface area contributed by atoms with Crippen molar-refractivity contribution in [3.05, 3.63) is 35.4 Å². The quantitative estimate of drug-likeness (QED) is 0.838. The normalized spacial score (nSPS) is 14.5. The zero-order valence-electron chi connectivity index (χ0n) is 13.8. The zero-order chi connectivity index (χ0) is 14.7. The number of rotatable bonds is 4. The van der Waals surface area contributed by atoms with Gasteiger partial charge < -0.3 is 5.32 Å². The first-order valence-corrected chi connectivity index (χ1v) is 7.47. The minimum absolute atomic E-state index is 0.240. The number of nitrogens with one attached hydrogen (secondary N) is 1. The molecule has 0 radical (unpaired) electrons. The van der Waals surface area contributed by atoms with E-state index in [-0.39, 0.29) is 5.41 Å². The largest absolute Gasteiger partial charge is 0.313 e. The molecule has 1 unspecified atom stereocenters. The van der Waals surface area contributed by atoms with E-state index in [4.69, 9.17) is 0 Å². The van der Waals surface area contributed by atoms with Gasteiger partial charge in [-0.2, -0.15) is 0 Å². The van der Waals surface area contributed by atoms with Crippen LogP contribution in [0.4, 0.5) is 0 Å². The van der Waals surface area contributed by atoms with Crippen molar-refractivity contribution in [3.63, 3.8) is 0 Å². The average Bonchev–Trinajstić information content (AvgIpc) is 2.26. The summed E-state index contributed by atoms with van der Waals surface area (Å²) >= 11 is 0. The van der Waals surface area contributed by atoms with Crippen LogP contribution in [-0.2, 0) is 11.8 Å². The number of likely N-dealkylation sites (N-methyl/N-ethyl adjacent to an activating group) is 1. The third kappa shape index (κ3) is 4.99. The molecule has 0 aliphatic rings. The molecule has 1 N–H and O–H groups in total. The lowest BCUT2D eigenvalue weighted by Gasteiger charge is -2.31. The molecule has 1 aromatic carbocycles. The highest BCUT2D eigenvalue weighted by molar-refractivity contribution is 5.28. The number of hydrogen-bond acceptors (Lipinski definition) is 1. The molecule has 1 heteroatoms. The predicted molar refractivity (Wildman–Crippen MR) is 85.8 cm³/mol. The van der Waals surface area contributed by atoms with Gasteiger partial charge in [0, 0.05) is 6.04 Å². The van der Waals surface area contributed by atoms with E-state index in [1.165, 1.54) is 11.1 Å². The molecule has 1 aromatic rings. The summed E-state index contributed by atoms with van der Waals surface area (Å²) in [6.45, 7) is 16.9. The lowest BCUT2D eigenvalue weighted by molar-refractivity contribution is 0.270. The molecule has 0 spiro atoms. The molecule has 1 rings (SSSR count). The Hall–Kier alpha value is -0.820. The van der Waals surface area contributed by atoms with E-state index in [0.717, 1.165) is 13.0 Å². The third-order valence-corrected chi connectivity index (χ3v) is 3.76. The van der Waals surface area contributed by atoms with Crippen LogP contribution in [0, 0.1) is 5.41 Å². The smallest absolute Gasteiger partial charge is 0.0156 e. The second-order valence-electron chi connectivity index (χ2n) is 7.63. The fourth-order valence-corrected chi connectivity index (χ4v) is 2.31. The Bertz CT molecular complexity index is 376. The molecule has 1 nitrogen and oxygen atoms in total. The van der Waals surface area contributed by atoms with Crippen LogP contribution in [0.5, 0.6) is 0 Å². The summed E-state index contributed by atoms with van der Waals surface area (Å²) in [5, 5.41) is 3.62. The van der Waals surface area contributed by atoms with E-state index in [9.17, 15) is 0 Å². The fourth-order valence-electron chi connectivity index (χ4n) is 2.31. The molecule has 0 bridgehead atoms. The van der Waals surface area contributed by atoms with E-state index < -0.39 is 0 Å². The molecule has 0 aliphatic carbocycles. The van der Waals surface area contributed by atoms with Crippen LogP contribution in [-0.4, -0.2) is 12.6 Å². The van der Waals surface area contributed by atoms with E-state index in [0.29, 0.717) is 11.5 Å². The molecular formula is C18H31N. The van der Waals surface area contributed by atoms with Gasteiger partial charge in [0.05, 0.1) is 0 Å². The Balaban J connectivity index is 2.81. The first kappa shape index (κ1) is 16.2. The highest BCUT2D eigenvalue weighted by atomic mass is 14.9. The van der Waals surface area contributed by atoms with Gasteiger partial charge in [-0.3, -0.25) is 0 Å². The molecule has 0 amide bonds. The van der Waals surface area contributed by atoms with Gasteiger partial charge in [-0.1, -0.05) is 72.7 Å². The Morgan fingerprint density at radius 1 is 0.947 bits per heavy atom. The Labute approximate surface area is 119 Å². The highest BCUT2D eigenvalue weighted by Crippen LogP contribution is 2.25. The van der Waals surface area contributed by atoms with Crippen LogP contribution in [0.15, 0.2) is 24.3 Å². The second-order valence-corrected chi connectivity index (χ2v) is 7.63. The molecule has 108 valence electrons. The van der Waals surface area contributed by atoms with Crippen LogP contribution in [0.2, 0.25) is 0 Å². The zero-order valence-corrected chi connectivity index (χ0v) is 13.8. The van der Waals surface area contributed by atoms with Gasteiger partial charge in [-0.15, -0.1) is 0 Å². The molecule has 1 atom stereocenters. The van der Waals surface area contributed by atoms with Crippen LogP contribution >= 0.6 is 0 Å². The minimum atomic E-state index is 0.240. The maximum Gasteiger partial charge on any atom is 0.0156 e. The topological polar surface area (TPSA) is 12.0 Å². The minimum Gasteiger partial charge on any atom is -0.313 e. The van der Waals surface area contributed by atoms with Gasteiger partial charge in [0.25, 0.3) is 0 Å². The Morgan fingerprint density at radius 3 is 1.84 bits per heavy atom. The molecule has 0 saturated carbocycles. The van der Waals surface area contributed by atoms with Crippen molar-refractivity contribution in [3.8, 4) is 0 Å². The van der Waals surface area contributed by atoms with Gasteiger partial charge in [0.15, 0.2) is 0 Å². The Kier molecular flexibility index (Phi) is 5.20. The summed E-state index contributed by atoms with van der Waals surface area (Å²) in [5.41, 5.74) is 3.36. The van der Waals surface area contributed by atoms with Crippen molar-refractivity contribution in [2.75, 3.05) is 6.54 Å². The standard InChI is InChI=1S/C18H31N/c1-8-19-16(18(5,6)7)13-14-9-11-15(12-10-14)17(2,3)4/h9-12,16,19H,8,13H2,1-7H3. The first-order chi connectivity index (χ1) is 8.64. The van der Waals surface area contributed by atoms with Crippen molar-refractivity contribution in [1.29, 1.82) is 0 Å². The summed E-state index contributed by atoms with van der Waals surface area (Å²) in [5.74, 6) is 0. The van der Waals surface area contributed by atoms with E-state index in [1.54, 1.807) is 0 Å². The summed E-state index contributed by atoms with van der Waals surface area (Å²) in [6, 6.07) is 9.66. The maximum absolute atomic E-state index is 3.62. The second kappa shape index (κ2) is 6.09. The number of hydrogen-bond donors (Lipinski definition) is 1. The van der Waals surface area contributed by atoms with Gasteiger partial charge in [0.2, 0.25) is 0 Å². The molecule has 0 aromatic heterocycles. The summed E-state index contributed by atoms with van der Waals surface area (Å²) in [7, 11) is 0. The van der Waals surface area contributed by atoms with Crippen LogP contribution in [0.3, 0.4) is 0 Å². The molecular weight excluding hydrogens is 230 g/mol. The van der Waals surface area contributed by atoms with Crippen molar-refractivity contribution < 1.29 is 0 Å². The fraction of sp³-hybridized carbons (Fsp3) is 0.667. The van der Waals surface area contributed by atoms with Crippen LogP contribution in [0.1, 0.15) is 59.6 Å². The predicted octanol–water partition coefficient (Wildman–Crippen LogP) is 4.55. The van der Waals surface area contributed by atoms with Gasteiger partial charge in [-0.25, -0.2) is 0 Å². The molecule has 0 saturated heterocycles. The van der Waals surface area contributed by atoms with Crippen molar-refractivity contribution in [1.82, 2.24) is 5.32 Å². The van der Waals surface area contributed by atoms with Crippen LogP contribution < -0.4 is 5.32 Å². The Morgan fingerprint density at radius 2 is 1.47 bits per heavy atom. The molecule has 0 heterocycles. The van der Waals surface area contributed by atoms with Crippen LogP contribution in [0.25, 0.3) is 0 Å². The van der Waals surface area contributed by atoms with Crippen molar-refractivity contribution >= 4 is 0 Å². The highest BCUT2D eigenvalue weighted by Gasteiger charge is 2.24. The first-order valence-electron chi connectivity index (χ1n) is 7.47. The van der Waals surface area contributed by atoms with Crippen molar-refractivity contribution in [2.24, 2.45) is 5.41 Å². The maximum atomic E-state index is 3.62. The summed E-state index contributed by atoms with van der Waals surface area (Å²) in [6.07, 6.45) is 1.10. The lowest BCUT2D eigenvalue weighted by atomic mass is 9.82. The third-order valence-electron chi connectivity index (χ3n) is 3.76. The van der Waals surface area contributed by atoms with Gasteiger partial charge >= 0.3 is 0 Å². The van der Waals surface area contributed by atoms with E-state index in [2.05, 4.69) is 78.0 Å². The van der Waals surface area contributed by atoms with E-state index >= 15 is 0 Å². The molecule has 0 aliphatic heterocycles. The molecule has 19 heavy (non-hydrogen) atoms. The van der Waals surface area contributed by atoms with Gasteiger partial charge in [0.1, 0.15) is 0 Å². The lowest BCUT2D eigenvalue weighted by Crippen LogP contribution is -2.41. The number of benzene rings is 1.